The predicted octanol–water partition coefficient (Wildman–Crippen LogP) is 6.14. The molecule has 1 aliphatic carbocycles. The Labute approximate surface area is 199 Å². The summed E-state index contributed by atoms with van der Waals surface area (Å²) in [5.41, 5.74) is 5.72. The molecule has 1 unspecified atom stereocenters. The first-order valence-electron chi connectivity index (χ1n) is 12.0. The van der Waals surface area contributed by atoms with Gasteiger partial charge >= 0.3 is 0 Å². The van der Waals surface area contributed by atoms with E-state index in [2.05, 4.69) is 51.5 Å². The second-order valence-electron chi connectivity index (χ2n) is 9.12. The molecule has 34 heavy (non-hydrogen) atoms. The van der Waals surface area contributed by atoms with E-state index in [1.165, 1.54) is 12.8 Å². The Morgan fingerprint density at radius 3 is 2.26 bits per heavy atom. The minimum absolute atomic E-state index is 0.0611. The number of carbonyl (C=O) groups is 1. The first-order valence-corrected chi connectivity index (χ1v) is 12.0. The number of rotatable bonds is 6. The van der Waals surface area contributed by atoms with Crippen LogP contribution in [-0.2, 0) is 6.61 Å². The molecule has 1 aromatic heterocycles. The van der Waals surface area contributed by atoms with E-state index in [0.29, 0.717) is 12.3 Å². The molecule has 5 nitrogen and oxygen atoms in total. The van der Waals surface area contributed by atoms with Gasteiger partial charge in [0.05, 0.1) is 11.7 Å². The maximum absolute atomic E-state index is 13.6. The van der Waals surface area contributed by atoms with Crippen LogP contribution in [-0.4, -0.2) is 27.0 Å². The van der Waals surface area contributed by atoms with Gasteiger partial charge < -0.3 is 9.64 Å². The van der Waals surface area contributed by atoms with Gasteiger partial charge in [-0.1, -0.05) is 85.6 Å². The lowest BCUT2D eigenvalue weighted by Crippen LogP contribution is -2.37. The zero-order valence-electron chi connectivity index (χ0n) is 19.0. The molecule has 1 N–H and O–H groups in total. The average Bonchev–Trinajstić information content (AvgIpc) is 3.62. The summed E-state index contributed by atoms with van der Waals surface area (Å²) in [7, 11) is 0. The first kappa shape index (κ1) is 20.7. The van der Waals surface area contributed by atoms with E-state index in [-0.39, 0.29) is 18.0 Å². The lowest BCUT2D eigenvalue weighted by Gasteiger charge is -2.32. The molecule has 6 rings (SSSR count). The second kappa shape index (κ2) is 8.82. The van der Waals surface area contributed by atoms with Crippen molar-refractivity contribution in [1.29, 1.82) is 0 Å². The summed E-state index contributed by atoms with van der Waals surface area (Å²) in [6.07, 6.45) is 4.45. The van der Waals surface area contributed by atoms with Crippen molar-refractivity contribution in [2.45, 2.75) is 44.4 Å². The van der Waals surface area contributed by atoms with E-state index in [1.807, 2.05) is 48.5 Å². The number of hydrogen-bond donors (Lipinski definition) is 1. The molecule has 1 fully saturated rings. The summed E-state index contributed by atoms with van der Waals surface area (Å²) in [5, 5.41) is 7.65. The van der Waals surface area contributed by atoms with Gasteiger partial charge in [0.2, 0.25) is 0 Å². The molecular formula is C29H27N3O2. The van der Waals surface area contributed by atoms with E-state index >= 15 is 0 Å². The molecule has 1 saturated carbocycles. The van der Waals surface area contributed by atoms with Crippen LogP contribution in [0.1, 0.15) is 58.9 Å². The number of hydrogen-bond acceptors (Lipinski definition) is 3. The standard InChI is InChI=1S/C29H27N3O2/c33-29-27-25(26(30-31-27)21-11-5-2-6-12-21)28(32(29)23-13-7-8-14-23)22-15-17-24(18-16-22)34-19-20-9-3-1-4-10-20/h1-6,9-12,15-18,23,28H,7-8,13-14,19H2,(H,30,31). The fourth-order valence-corrected chi connectivity index (χ4v) is 5.36. The summed E-state index contributed by atoms with van der Waals surface area (Å²) in [4.78, 5) is 15.7. The molecule has 1 atom stereocenters. The second-order valence-corrected chi connectivity index (χ2v) is 9.12. The number of aromatic amines is 1. The Balaban J connectivity index is 1.35. The van der Waals surface area contributed by atoms with Gasteiger partial charge in [-0.15, -0.1) is 0 Å². The maximum Gasteiger partial charge on any atom is 0.273 e. The Morgan fingerprint density at radius 2 is 1.56 bits per heavy atom. The molecule has 2 aliphatic rings. The normalized spacial score (nSPS) is 17.8. The molecule has 2 heterocycles. The Hall–Kier alpha value is -3.86. The van der Waals surface area contributed by atoms with Crippen LogP contribution in [0.2, 0.25) is 0 Å². The van der Waals surface area contributed by atoms with Crippen LogP contribution < -0.4 is 4.74 Å². The number of amides is 1. The van der Waals surface area contributed by atoms with Gasteiger partial charge in [0, 0.05) is 17.2 Å². The van der Waals surface area contributed by atoms with E-state index in [4.69, 9.17) is 4.74 Å². The Bertz CT molecular complexity index is 1280. The Kier molecular flexibility index (Phi) is 5.38. The highest BCUT2D eigenvalue weighted by molar-refractivity contribution is 6.00. The summed E-state index contributed by atoms with van der Waals surface area (Å²) in [6, 6.07) is 28.6. The summed E-state index contributed by atoms with van der Waals surface area (Å²) in [6.45, 7) is 0.528. The lowest BCUT2D eigenvalue weighted by atomic mass is 9.95. The van der Waals surface area contributed by atoms with E-state index in [0.717, 1.165) is 46.5 Å². The molecule has 1 amide bonds. The monoisotopic (exact) mass is 449 g/mol. The number of ether oxygens (including phenoxy) is 1. The van der Waals surface area contributed by atoms with E-state index in [9.17, 15) is 4.79 Å². The van der Waals surface area contributed by atoms with Crippen molar-refractivity contribution in [2.75, 3.05) is 0 Å². The number of benzene rings is 3. The predicted molar refractivity (Wildman–Crippen MR) is 132 cm³/mol. The zero-order chi connectivity index (χ0) is 22.9. The quantitative estimate of drug-likeness (QED) is 0.384. The fourth-order valence-electron chi connectivity index (χ4n) is 5.36. The van der Waals surface area contributed by atoms with Crippen molar-refractivity contribution in [3.8, 4) is 17.0 Å². The van der Waals surface area contributed by atoms with E-state index < -0.39 is 0 Å². The number of H-pyrrole nitrogens is 1. The SMILES string of the molecule is O=C1c2[nH]nc(-c3ccccc3)c2C(c2ccc(OCc3ccccc3)cc2)N1C1CCCC1. The third-order valence-corrected chi connectivity index (χ3v) is 7.01. The number of nitrogens with zero attached hydrogens (tertiary/aromatic N) is 2. The van der Waals surface area contributed by atoms with Crippen molar-refractivity contribution in [2.24, 2.45) is 0 Å². The smallest absolute Gasteiger partial charge is 0.273 e. The van der Waals surface area contributed by atoms with Crippen molar-refractivity contribution in [1.82, 2.24) is 15.1 Å². The zero-order valence-corrected chi connectivity index (χ0v) is 19.0. The summed E-state index contributed by atoms with van der Waals surface area (Å²) < 4.78 is 6.01. The van der Waals surface area contributed by atoms with Crippen molar-refractivity contribution in [3.05, 3.63) is 107 Å². The number of aromatic nitrogens is 2. The van der Waals surface area contributed by atoms with Gasteiger partial charge in [0.15, 0.2) is 0 Å². The molecule has 0 bridgehead atoms. The highest BCUT2D eigenvalue weighted by atomic mass is 16.5. The van der Waals surface area contributed by atoms with Gasteiger partial charge in [-0.3, -0.25) is 9.89 Å². The van der Waals surface area contributed by atoms with Gasteiger partial charge in [-0.05, 0) is 36.1 Å². The van der Waals surface area contributed by atoms with Crippen molar-refractivity contribution < 1.29 is 9.53 Å². The number of nitrogens with one attached hydrogen (secondary N) is 1. The summed E-state index contributed by atoms with van der Waals surface area (Å²) >= 11 is 0. The molecule has 1 aliphatic heterocycles. The van der Waals surface area contributed by atoms with Gasteiger partial charge in [0.25, 0.3) is 5.91 Å². The van der Waals surface area contributed by atoms with Crippen LogP contribution in [0.5, 0.6) is 5.75 Å². The molecule has 0 saturated heterocycles. The highest BCUT2D eigenvalue weighted by Crippen LogP contribution is 2.46. The maximum atomic E-state index is 13.6. The fraction of sp³-hybridized carbons (Fsp3) is 0.241. The van der Waals surface area contributed by atoms with Gasteiger partial charge in [-0.25, -0.2) is 0 Å². The third kappa shape index (κ3) is 3.67. The lowest BCUT2D eigenvalue weighted by molar-refractivity contribution is 0.0660. The van der Waals surface area contributed by atoms with Crippen LogP contribution in [0.15, 0.2) is 84.9 Å². The van der Waals surface area contributed by atoms with Crippen LogP contribution in [0.4, 0.5) is 0 Å². The van der Waals surface area contributed by atoms with Crippen LogP contribution >= 0.6 is 0 Å². The summed E-state index contributed by atoms with van der Waals surface area (Å²) in [5.74, 6) is 0.881. The topological polar surface area (TPSA) is 58.2 Å². The van der Waals surface area contributed by atoms with E-state index in [1.54, 1.807) is 0 Å². The average molecular weight is 450 g/mol. The van der Waals surface area contributed by atoms with Crippen LogP contribution in [0.3, 0.4) is 0 Å². The van der Waals surface area contributed by atoms with Crippen LogP contribution in [0.25, 0.3) is 11.3 Å². The third-order valence-electron chi connectivity index (χ3n) is 7.01. The molecule has 3 aromatic carbocycles. The molecule has 4 aromatic rings. The number of carbonyl (C=O) groups excluding carboxylic acids is 1. The highest BCUT2D eigenvalue weighted by Gasteiger charge is 2.45. The molecule has 170 valence electrons. The minimum Gasteiger partial charge on any atom is -0.489 e. The van der Waals surface area contributed by atoms with Crippen LogP contribution in [0, 0.1) is 0 Å². The molecule has 0 spiro atoms. The Morgan fingerprint density at radius 1 is 0.882 bits per heavy atom. The molecule has 0 radical (unpaired) electrons. The largest absolute Gasteiger partial charge is 0.489 e. The first-order chi connectivity index (χ1) is 16.8. The van der Waals surface area contributed by atoms with Crippen molar-refractivity contribution >= 4 is 5.91 Å². The number of fused-ring (bicyclic) bond motifs is 1. The van der Waals surface area contributed by atoms with Gasteiger partial charge in [-0.2, -0.15) is 5.10 Å². The van der Waals surface area contributed by atoms with Gasteiger partial charge in [0.1, 0.15) is 18.1 Å². The molecular weight excluding hydrogens is 422 g/mol. The van der Waals surface area contributed by atoms with Crippen molar-refractivity contribution in [3.63, 3.8) is 0 Å². The molecule has 5 heteroatoms. The minimum atomic E-state index is -0.150.